The number of nitrogens with zero attached hydrogens (tertiary/aromatic N) is 1. The summed E-state index contributed by atoms with van der Waals surface area (Å²) in [4.78, 5) is 27.3. The highest BCUT2D eigenvalue weighted by molar-refractivity contribution is 8.27. The largest absolute Gasteiger partial charge is 0.490 e. The maximum absolute atomic E-state index is 13.3. The van der Waals surface area contributed by atoms with E-state index in [1.807, 2.05) is 43.3 Å². The number of carbonyl (C=O) groups is 2. The highest BCUT2D eigenvalue weighted by atomic mass is 35.5. The van der Waals surface area contributed by atoms with Gasteiger partial charge in [-0.05, 0) is 60.5 Å². The molecule has 0 N–H and O–H groups in total. The summed E-state index contributed by atoms with van der Waals surface area (Å²) in [6.45, 7) is 2.70. The van der Waals surface area contributed by atoms with E-state index in [0.717, 1.165) is 11.1 Å². The molecule has 0 atom stereocenters. The molecule has 0 bridgehead atoms. The van der Waals surface area contributed by atoms with Gasteiger partial charge in [0.05, 0.1) is 29.9 Å². The van der Waals surface area contributed by atoms with Gasteiger partial charge in [0.2, 0.25) is 0 Å². The van der Waals surface area contributed by atoms with Crippen LogP contribution in [0.2, 0.25) is 5.02 Å². The van der Waals surface area contributed by atoms with Crippen molar-refractivity contribution >= 4 is 63.5 Å². The van der Waals surface area contributed by atoms with Gasteiger partial charge in [0, 0.05) is 5.02 Å². The molecule has 1 heterocycles. The molecule has 1 aliphatic heterocycles. The molecule has 4 rings (SSSR count). The number of methoxy groups -OCH3 is 1. The predicted octanol–water partition coefficient (Wildman–Crippen LogP) is 6.51. The van der Waals surface area contributed by atoms with Crippen LogP contribution in [-0.4, -0.2) is 29.9 Å². The zero-order valence-corrected chi connectivity index (χ0v) is 21.9. The minimum absolute atomic E-state index is 0.262. The van der Waals surface area contributed by atoms with Crippen molar-refractivity contribution in [3.63, 3.8) is 0 Å². The Hall–Kier alpha value is -3.33. The SMILES string of the molecule is CCOc1cc(/C=C2\SC(=S)N(c3ccccc3C(=O)OC)C2=O)ccc1OCc1ccc(Cl)cc1. The zero-order valence-electron chi connectivity index (χ0n) is 19.5. The molecule has 3 aromatic carbocycles. The topological polar surface area (TPSA) is 65.1 Å². The second-order valence-electron chi connectivity index (χ2n) is 7.58. The standard InChI is InChI=1S/C27H22ClNO5S2/c1-3-33-23-14-18(10-13-22(23)34-16-17-8-11-19(28)12-9-17)15-24-25(30)29(27(35)36-24)21-7-5-4-6-20(21)26(31)32-2/h4-15H,3,16H2,1-2H3/b24-15-. The van der Waals surface area contributed by atoms with Gasteiger partial charge in [-0.2, -0.15) is 0 Å². The summed E-state index contributed by atoms with van der Waals surface area (Å²) in [7, 11) is 1.29. The molecule has 0 spiro atoms. The van der Waals surface area contributed by atoms with E-state index in [9.17, 15) is 9.59 Å². The summed E-state index contributed by atoms with van der Waals surface area (Å²) < 4.78 is 16.9. The predicted molar refractivity (Wildman–Crippen MR) is 147 cm³/mol. The molecule has 0 aromatic heterocycles. The third-order valence-electron chi connectivity index (χ3n) is 5.22. The number of para-hydroxylation sites is 1. The number of rotatable bonds is 8. The Bertz CT molecular complexity index is 1340. The van der Waals surface area contributed by atoms with Gasteiger partial charge in [0.1, 0.15) is 6.61 Å². The quantitative estimate of drug-likeness (QED) is 0.184. The summed E-state index contributed by atoms with van der Waals surface area (Å²) in [5.74, 6) is 0.289. The average molecular weight is 540 g/mol. The average Bonchev–Trinajstić information content (AvgIpc) is 3.16. The lowest BCUT2D eigenvalue weighted by molar-refractivity contribution is -0.113. The summed E-state index contributed by atoms with van der Waals surface area (Å²) in [6, 6.07) is 19.6. The fourth-order valence-electron chi connectivity index (χ4n) is 3.52. The fraction of sp³-hybridized carbons (Fsp3) is 0.148. The van der Waals surface area contributed by atoms with E-state index in [2.05, 4.69) is 0 Å². The second-order valence-corrected chi connectivity index (χ2v) is 9.69. The number of ether oxygens (including phenoxy) is 3. The van der Waals surface area contributed by atoms with Crippen molar-refractivity contribution in [2.45, 2.75) is 13.5 Å². The summed E-state index contributed by atoms with van der Waals surface area (Å²) in [5.41, 5.74) is 2.37. The van der Waals surface area contributed by atoms with E-state index in [1.165, 1.54) is 23.8 Å². The van der Waals surface area contributed by atoms with Crippen molar-refractivity contribution < 1.29 is 23.8 Å². The fourth-order valence-corrected chi connectivity index (χ4v) is 4.93. The van der Waals surface area contributed by atoms with Crippen molar-refractivity contribution in [1.82, 2.24) is 0 Å². The van der Waals surface area contributed by atoms with E-state index in [-0.39, 0.29) is 11.5 Å². The zero-order chi connectivity index (χ0) is 25.7. The molecule has 1 saturated heterocycles. The minimum atomic E-state index is -0.542. The molecule has 0 saturated carbocycles. The first-order valence-corrected chi connectivity index (χ1v) is 12.6. The Morgan fingerprint density at radius 1 is 1.06 bits per heavy atom. The molecule has 9 heteroatoms. The Morgan fingerprint density at radius 2 is 1.81 bits per heavy atom. The number of amides is 1. The summed E-state index contributed by atoms with van der Waals surface area (Å²) >= 11 is 12.6. The maximum Gasteiger partial charge on any atom is 0.339 e. The normalized spacial score (nSPS) is 14.3. The molecular weight excluding hydrogens is 518 g/mol. The van der Waals surface area contributed by atoms with Gasteiger partial charge in [0.25, 0.3) is 5.91 Å². The van der Waals surface area contributed by atoms with Gasteiger partial charge >= 0.3 is 5.97 Å². The number of benzene rings is 3. The molecule has 0 unspecified atom stereocenters. The maximum atomic E-state index is 13.3. The number of anilines is 1. The van der Waals surface area contributed by atoms with Crippen LogP contribution in [0.4, 0.5) is 5.69 Å². The number of thiocarbonyl (C=S) groups is 1. The van der Waals surface area contributed by atoms with Gasteiger partial charge in [-0.25, -0.2) is 4.79 Å². The summed E-state index contributed by atoms with van der Waals surface area (Å²) in [5, 5.41) is 0.664. The van der Waals surface area contributed by atoms with E-state index in [4.69, 9.17) is 38.0 Å². The molecule has 36 heavy (non-hydrogen) atoms. The second kappa shape index (κ2) is 11.6. The number of carbonyl (C=O) groups excluding carboxylic acids is 2. The van der Waals surface area contributed by atoms with E-state index in [0.29, 0.717) is 44.6 Å². The molecular formula is C27H22ClNO5S2. The number of esters is 1. The number of hydrogen-bond donors (Lipinski definition) is 0. The number of hydrogen-bond acceptors (Lipinski definition) is 7. The van der Waals surface area contributed by atoms with Crippen LogP contribution < -0.4 is 14.4 Å². The Morgan fingerprint density at radius 3 is 2.53 bits per heavy atom. The minimum Gasteiger partial charge on any atom is -0.490 e. The van der Waals surface area contributed by atoms with Gasteiger partial charge in [-0.1, -0.05) is 65.9 Å². The van der Waals surface area contributed by atoms with Crippen LogP contribution >= 0.6 is 35.6 Å². The molecule has 0 radical (unpaired) electrons. The van der Waals surface area contributed by atoms with Gasteiger partial charge in [-0.15, -0.1) is 0 Å². The van der Waals surface area contributed by atoms with Crippen molar-refractivity contribution in [1.29, 1.82) is 0 Å². The van der Waals surface area contributed by atoms with Crippen molar-refractivity contribution in [3.8, 4) is 11.5 Å². The van der Waals surface area contributed by atoms with E-state index < -0.39 is 5.97 Å². The first-order valence-electron chi connectivity index (χ1n) is 11.0. The Labute approximate surface area is 223 Å². The molecule has 3 aromatic rings. The lowest BCUT2D eigenvalue weighted by Gasteiger charge is -2.17. The van der Waals surface area contributed by atoms with E-state index in [1.54, 1.807) is 36.4 Å². The van der Waals surface area contributed by atoms with Crippen LogP contribution in [0.1, 0.15) is 28.4 Å². The third-order valence-corrected chi connectivity index (χ3v) is 6.77. The van der Waals surface area contributed by atoms with Crippen LogP contribution in [0.15, 0.2) is 71.6 Å². The Kier molecular flexibility index (Phi) is 8.30. The molecule has 1 amide bonds. The highest BCUT2D eigenvalue weighted by Crippen LogP contribution is 2.38. The first-order chi connectivity index (χ1) is 17.4. The lowest BCUT2D eigenvalue weighted by atomic mass is 10.1. The van der Waals surface area contributed by atoms with Gasteiger partial charge in [0.15, 0.2) is 15.8 Å². The smallest absolute Gasteiger partial charge is 0.339 e. The van der Waals surface area contributed by atoms with Crippen molar-refractivity contribution in [2.24, 2.45) is 0 Å². The van der Waals surface area contributed by atoms with Crippen LogP contribution in [0.5, 0.6) is 11.5 Å². The monoisotopic (exact) mass is 539 g/mol. The number of halogens is 1. The van der Waals surface area contributed by atoms with Gasteiger partial charge < -0.3 is 14.2 Å². The highest BCUT2D eigenvalue weighted by Gasteiger charge is 2.35. The summed E-state index contributed by atoms with van der Waals surface area (Å²) in [6.07, 6.45) is 1.74. The van der Waals surface area contributed by atoms with Crippen LogP contribution in [0, 0.1) is 0 Å². The van der Waals surface area contributed by atoms with Crippen LogP contribution in [0.25, 0.3) is 6.08 Å². The van der Waals surface area contributed by atoms with Crippen molar-refractivity contribution in [3.05, 3.63) is 93.3 Å². The van der Waals surface area contributed by atoms with Crippen molar-refractivity contribution in [2.75, 3.05) is 18.6 Å². The molecule has 6 nitrogen and oxygen atoms in total. The molecule has 0 aliphatic carbocycles. The van der Waals surface area contributed by atoms with E-state index >= 15 is 0 Å². The number of thioether (sulfide) groups is 1. The van der Waals surface area contributed by atoms with Crippen LogP contribution in [-0.2, 0) is 16.1 Å². The van der Waals surface area contributed by atoms with Gasteiger partial charge in [-0.3, -0.25) is 9.69 Å². The third kappa shape index (κ3) is 5.73. The molecule has 1 fully saturated rings. The molecule has 1 aliphatic rings. The lowest BCUT2D eigenvalue weighted by Crippen LogP contribution is -2.29. The first kappa shape index (κ1) is 25.8. The molecule has 184 valence electrons. The van der Waals surface area contributed by atoms with Crippen LogP contribution in [0.3, 0.4) is 0 Å². The Balaban J connectivity index is 1.58.